The van der Waals surface area contributed by atoms with Crippen molar-refractivity contribution in [1.29, 1.82) is 0 Å². The topological polar surface area (TPSA) is 92.8 Å². The molecule has 12 heteroatoms. The zero-order chi connectivity index (χ0) is 16.8. The number of likely N-dealkylation sites (tertiary alicyclic amines) is 1. The summed E-state index contributed by atoms with van der Waals surface area (Å²) in [7, 11) is 0. The van der Waals surface area contributed by atoms with Gasteiger partial charge in [-0.2, -0.15) is 22.6 Å². The number of aromatic nitrogens is 2. The molecule has 0 radical (unpaired) electrons. The maximum Gasteiger partial charge on any atom is 0.406 e. The number of hydrogen-bond donors (Lipinski definition) is 1. The molecule has 1 aliphatic heterocycles. The molecular formula is C11H10F3N5O3S. The van der Waals surface area contributed by atoms with Crippen LogP contribution in [0.5, 0.6) is 0 Å². The highest BCUT2D eigenvalue weighted by Crippen LogP contribution is 2.30. The monoisotopic (exact) mass is 349 g/mol. The van der Waals surface area contributed by atoms with Gasteiger partial charge in [0.25, 0.3) is 4.96 Å². The zero-order valence-electron chi connectivity index (χ0n) is 11.4. The van der Waals surface area contributed by atoms with E-state index < -0.39 is 29.6 Å². The van der Waals surface area contributed by atoms with Crippen LogP contribution in [0.4, 0.5) is 24.8 Å². The number of alkyl halides is 3. The average Bonchev–Trinajstić information content (AvgIpc) is 3.06. The van der Waals surface area contributed by atoms with E-state index in [1.807, 2.05) is 0 Å². The van der Waals surface area contributed by atoms with Gasteiger partial charge in [0.05, 0.1) is 0 Å². The molecule has 8 nitrogen and oxygen atoms in total. The van der Waals surface area contributed by atoms with Crippen LogP contribution < -0.4 is 5.32 Å². The molecule has 1 unspecified atom stereocenters. The van der Waals surface area contributed by atoms with Crippen LogP contribution in [0.25, 0.3) is 4.96 Å². The van der Waals surface area contributed by atoms with Crippen molar-refractivity contribution in [1.82, 2.24) is 14.3 Å². The smallest absolute Gasteiger partial charge is 0.358 e. The number of fused-ring (bicyclic) bond motifs is 1. The molecule has 124 valence electrons. The Balaban J connectivity index is 1.80. The van der Waals surface area contributed by atoms with Crippen LogP contribution >= 0.6 is 11.3 Å². The summed E-state index contributed by atoms with van der Waals surface area (Å²) in [5.41, 5.74) is 0. The van der Waals surface area contributed by atoms with Gasteiger partial charge in [-0.05, 0) is 11.3 Å². The van der Waals surface area contributed by atoms with E-state index in [-0.39, 0.29) is 24.6 Å². The minimum absolute atomic E-state index is 0.0635. The van der Waals surface area contributed by atoms with Gasteiger partial charge < -0.3 is 20.3 Å². The van der Waals surface area contributed by atoms with Gasteiger partial charge in [0.15, 0.2) is 0 Å². The molecule has 1 N–H and O–H groups in total. The zero-order valence-corrected chi connectivity index (χ0v) is 12.2. The number of carbonyl (C=O) groups excluding carboxylic acids is 1. The van der Waals surface area contributed by atoms with Gasteiger partial charge in [0, 0.05) is 11.9 Å². The van der Waals surface area contributed by atoms with Gasteiger partial charge in [0.1, 0.15) is 18.8 Å². The third kappa shape index (κ3) is 2.93. The summed E-state index contributed by atoms with van der Waals surface area (Å²) < 4.78 is 38.4. The van der Waals surface area contributed by atoms with Crippen molar-refractivity contribution in [2.75, 3.05) is 18.4 Å². The summed E-state index contributed by atoms with van der Waals surface area (Å²) in [6.07, 6.45) is -2.90. The number of nitro groups is 1. The second kappa shape index (κ2) is 5.37. The van der Waals surface area contributed by atoms with E-state index in [1.165, 1.54) is 21.9 Å². The fourth-order valence-corrected chi connectivity index (χ4v) is 3.17. The fraction of sp³-hybridized carbons (Fsp3) is 0.455. The Kier molecular flexibility index (Phi) is 3.62. The number of rotatable bonds is 4. The molecule has 1 amide bonds. The first-order valence-electron chi connectivity index (χ1n) is 6.48. The van der Waals surface area contributed by atoms with Crippen LogP contribution in [0.15, 0.2) is 11.6 Å². The van der Waals surface area contributed by atoms with E-state index in [1.54, 1.807) is 5.38 Å². The molecule has 0 saturated carbocycles. The number of imidazole rings is 1. The Hall–Kier alpha value is -2.37. The summed E-state index contributed by atoms with van der Waals surface area (Å²) in [4.78, 5) is 27.6. The molecule has 1 aliphatic rings. The van der Waals surface area contributed by atoms with Gasteiger partial charge in [-0.15, -0.1) is 0 Å². The maximum absolute atomic E-state index is 12.4. The molecule has 3 rings (SSSR count). The third-order valence-electron chi connectivity index (χ3n) is 3.39. The highest BCUT2D eigenvalue weighted by atomic mass is 32.1. The molecule has 0 bridgehead atoms. The van der Waals surface area contributed by atoms with E-state index in [9.17, 15) is 28.1 Å². The SMILES string of the molecule is O=C1C(Nc2nc3sccn3c2[N+](=O)[O-])CCN1CC(F)(F)F. The quantitative estimate of drug-likeness (QED) is 0.672. The van der Waals surface area contributed by atoms with Gasteiger partial charge in [-0.3, -0.25) is 4.79 Å². The normalized spacial score (nSPS) is 18.8. The largest absolute Gasteiger partial charge is 0.406 e. The first kappa shape index (κ1) is 15.5. The molecule has 2 aromatic rings. The second-order valence-electron chi connectivity index (χ2n) is 4.96. The number of hydrogen-bond acceptors (Lipinski definition) is 6. The van der Waals surface area contributed by atoms with E-state index in [0.29, 0.717) is 9.86 Å². The molecule has 0 aliphatic carbocycles. The number of thiazole rings is 1. The lowest BCUT2D eigenvalue weighted by molar-refractivity contribution is -0.389. The summed E-state index contributed by atoms with van der Waals surface area (Å²) in [6.45, 7) is -1.39. The van der Waals surface area contributed by atoms with Gasteiger partial charge in [-0.25, -0.2) is 0 Å². The van der Waals surface area contributed by atoms with Crippen molar-refractivity contribution < 1.29 is 22.9 Å². The summed E-state index contributed by atoms with van der Waals surface area (Å²) in [6, 6.07) is -0.958. The fourth-order valence-electron chi connectivity index (χ4n) is 2.46. The predicted octanol–water partition coefficient (Wildman–Crippen LogP) is 1.88. The van der Waals surface area contributed by atoms with Crippen LogP contribution in [0.3, 0.4) is 0 Å². The molecule has 1 saturated heterocycles. The van der Waals surface area contributed by atoms with Crippen molar-refractivity contribution in [3.8, 4) is 0 Å². The maximum atomic E-state index is 12.4. The first-order chi connectivity index (χ1) is 10.8. The lowest BCUT2D eigenvalue weighted by atomic mass is 10.2. The second-order valence-corrected chi connectivity index (χ2v) is 5.83. The standard InChI is InChI=1S/C11H10F3N5O3S/c12-11(13,14)5-17-2-1-6(9(17)20)15-7-8(19(21)22)18-3-4-23-10(18)16-7/h3-4,6,15H,1-2,5H2. The summed E-state index contributed by atoms with van der Waals surface area (Å²) in [5.74, 6) is -1.20. The van der Waals surface area contributed by atoms with E-state index in [2.05, 4.69) is 10.3 Å². The van der Waals surface area contributed by atoms with Crippen molar-refractivity contribution in [2.24, 2.45) is 0 Å². The van der Waals surface area contributed by atoms with Crippen LogP contribution in [0.1, 0.15) is 6.42 Å². The van der Waals surface area contributed by atoms with Gasteiger partial charge in [0.2, 0.25) is 11.7 Å². The molecule has 1 fully saturated rings. The van der Waals surface area contributed by atoms with Crippen molar-refractivity contribution in [3.05, 3.63) is 21.7 Å². The van der Waals surface area contributed by atoms with Crippen molar-refractivity contribution >= 4 is 33.8 Å². The Bertz CT molecular complexity index is 771. The van der Waals surface area contributed by atoms with E-state index >= 15 is 0 Å². The van der Waals surface area contributed by atoms with Crippen molar-refractivity contribution in [3.63, 3.8) is 0 Å². The first-order valence-corrected chi connectivity index (χ1v) is 7.36. The molecule has 2 aromatic heterocycles. The average molecular weight is 349 g/mol. The summed E-state index contributed by atoms with van der Waals surface area (Å²) in [5, 5.41) is 15.4. The third-order valence-corrected chi connectivity index (χ3v) is 4.14. The highest BCUT2D eigenvalue weighted by Gasteiger charge is 2.40. The number of halogens is 3. The lowest BCUT2D eigenvalue weighted by Gasteiger charge is -2.18. The Labute approximate surface area is 130 Å². The minimum Gasteiger partial charge on any atom is -0.358 e. The number of nitrogens with one attached hydrogen (secondary N) is 1. The molecule has 0 spiro atoms. The van der Waals surface area contributed by atoms with Crippen molar-refractivity contribution in [2.45, 2.75) is 18.6 Å². The Morgan fingerprint density at radius 3 is 2.91 bits per heavy atom. The number of nitrogens with zero attached hydrogens (tertiary/aromatic N) is 4. The number of amides is 1. The molecule has 23 heavy (non-hydrogen) atoms. The lowest BCUT2D eigenvalue weighted by Crippen LogP contribution is -2.39. The van der Waals surface area contributed by atoms with Crippen LogP contribution in [-0.2, 0) is 4.79 Å². The summed E-state index contributed by atoms with van der Waals surface area (Å²) >= 11 is 1.17. The predicted molar refractivity (Wildman–Crippen MR) is 74.4 cm³/mol. The molecule has 3 heterocycles. The van der Waals surface area contributed by atoms with E-state index in [4.69, 9.17) is 0 Å². The van der Waals surface area contributed by atoms with Crippen LogP contribution in [-0.4, -0.2) is 50.4 Å². The van der Waals surface area contributed by atoms with Crippen LogP contribution in [0.2, 0.25) is 0 Å². The number of anilines is 1. The highest BCUT2D eigenvalue weighted by molar-refractivity contribution is 7.15. The molecule has 1 atom stereocenters. The van der Waals surface area contributed by atoms with E-state index in [0.717, 1.165) is 0 Å². The Morgan fingerprint density at radius 1 is 1.52 bits per heavy atom. The van der Waals surface area contributed by atoms with Crippen LogP contribution in [0, 0.1) is 10.1 Å². The Morgan fingerprint density at radius 2 is 2.26 bits per heavy atom. The minimum atomic E-state index is -4.48. The number of carbonyl (C=O) groups is 1. The molecule has 0 aromatic carbocycles. The molecular weight excluding hydrogens is 339 g/mol. The van der Waals surface area contributed by atoms with Gasteiger partial charge >= 0.3 is 12.0 Å². The van der Waals surface area contributed by atoms with Gasteiger partial charge in [-0.1, -0.05) is 11.3 Å².